The molecule has 7 nitrogen and oxygen atoms in total. The topological polar surface area (TPSA) is 81.5 Å². The first-order valence-electron chi connectivity index (χ1n) is 9.33. The molecule has 7 heteroatoms. The van der Waals surface area contributed by atoms with E-state index in [0.717, 1.165) is 16.6 Å². The van der Waals surface area contributed by atoms with Crippen LogP contribution in [0.4, 0.5) is 0 Å². The monoisotopic (exact) mass is 378 g/mol. The third kappa shape index (κ3) is 2.98. The molecule has 1 amide bonds. The highest BCUT2D eigenvalue weighted by atomic mass is 16.3. The lowest BCUT2D eigenvalue weighted by Gasteiger charge is -2.16. The van der Waals surface area contributed by atoms with Crippen molar-refractivity contribution in [1.29, 1.82) is 0 Å². The van der Waals surface area contributed by atoms with Crippen LogP contribution in [-0.4, -0.2) is 20.1 Å². The van der Waals surface area contributed by atoms with E-state index >= 15 is 0 Å². The van der Waals surface area contributed by atoms with Gasteiger partial charge in [-0.2, -0.15) is 5.10 Å². The minimum atomic E-state index is -0.727. The molecule has 0 radical (unpaired) electrons. The number of furan rings is 1. The fourth-order valence-electron chi connectivity index (χ4n) is 3.34. The minimum Gasteiger partial charge on any atom is -0.463 e. The van der Waals surface area contributed by atoms with Gasteiger partial charge in [0.05, 0.1) is 11.8 Å². The van der Waals surface area contributed by atoms with Crippen LogP contribution in [0.15, 0.2) is 51.9 Å². The summed E-state index contributed by atoms with van der Waals surface area (Å²) in [5.74, 6) is 0.445. The summed E-state index contributed by atoms with van der Waals surface area (Å²) >= 11 is 0. The van der Waals surface area contributed by atoms with Gasteiger partial charge in [-0.3, -0.25) is 14.0 Å². The Bertz CT molecular complexity index is 1210. The van der Waals surface area contributed by atoms with Gasteiger partial charge in [-0.05, 0) is 19.4 Å². The Morgan fingerprint density at radius 3 is 2.68 bits per heavy atom. The third-order valence-corrected chi connectivity index (χ3v) is 4.98. The summed E-state index contributed by atoms with van der Waals surface area (Å²) in [5, 5.41) is 7.36. The number of benzene rings is 1. The molecule has 1 aromatic carbocycles. The Balaban J connectivity index is 1.65. The third-order valence-electron chi connectivity index (χ3n) is 4.98. The van der Waals surface area contributed by atoms with Gasteiger partial charge in [0, 0.05) is 25.1 Å². The minimum absolute atomic E-state index is 0.253. The maximum atomic E-state index is 13.0. The summed E-state index contributed by atoms with van der Waals surface area (Å²) in [5.41, 5.74) is 3.74. The molecule has 1 N–H and O–H groups in total. The van der Waals surface area contributed by atoms with Crippen molar-refractivity contribution in [1.82, 2.24) is 19.5 Å². The molecule has 0 aliphatic carbocycles. The Morgan fingerprint density at radius 1 is 1.21 bits per heavy atom. The van der Waals surface area contributed by atoms with Gasteiger partial charge in [-0.25, -0.2) is 4.68 Å². The molecule has 1 atom stereocenters. The second kappa shape index (κ2) is 6.99. The number of aryl methyl sites for hydroxylation is 2. The highest BCUT2D eigenvalue weighted by Crippen LogP contribution is 2.21. The zero-order valence-corrected chi connectivity index (χ0v) is 16.1. The molecule has 0 aliphatic heterocycles. The van der Waals surface area contributed by atoms with Gasteiger partial charge in [-0.15, -0.1) is 0 Å². The van der Waals surface area contributed by atoms with Gasteiger partial charge in [0.2, 0.25) is 5.91 Å². The normalized spacial score (nSPS) is 12.5. The molecule has 4 rings (SSSR count). The van der Waals surface area contributed by atoms with Crippen LogP contribution in [0.5, 0.6) is 0 Å². The Labute approximate surface area is 161 Å². The molecule has 0 aliphatic rings. The lowest BCUT2D eigenvalue weighted by atomic mass is 10.1. The standard InChI is InChI=1S/C21H22N4O3/c1-4-19-23-25(21(27)17-11-18-16(24(17)19)9-10-28-18)14(3)20(26)22-12-15-7-5-13(2)6-8-15/h5-11,14H,4,12H2,1-3H3,(H,22,26). The first-order valence-corrected chi connectivity index (χ1v) is 9.33. The van der Waals surface area contributed by atoms with Crippen LogP contribution in [0.25, 0.3) is 16.6 Å². The molecule has 28 heavy (non-hydrogen) atoms. The molecule has 0 bridgehead atoms. The van der Waals surface area contributed by atoms with Gasteiger partial charge < -0.3 is 9.73 Å². The van der Waals surface area contributed by atoms with Crippen LogP contribution in [0.1, 0.15) is 36.8 Å². The zero-order chi connectivity index (χ0) is 19.8. The first-order chi connectivity index (χ1) is 13.5. The number of carbonyl (C=O) groups excluding carboxylic acids is 1. The molecular formula is C21H22N4O3. The average molecular weight is 378 g/mol. The largest absolute Gasteiger partial charge is 0.463 e. The van der Waals surface area contributed by atoms with E-state index in [1.807, 2.05) is 44.2 Å². The lowest BCUT2D eigenvalue weighted by molar-refractivity contribution is -0.124. The van der Waals surface area contributed by atoms with Crippen LogP contribution >= 0.6 is 0 Å². The van der Waals surface area contributed by atoms with E-state index in [2.05, 4.69) is 10.4 Å². The smallest absolute Gasteiger partial charge is 0.291 e. The van der Waals surface area contributed by atoms with E-state index in [0.29, 0.717) is 29.9 Å². The number of fused-ring (bicyclic) bond motifs is 3. The summed E-state index contributed by atoms with van der Waals surface area (Å²) in [6.07, 6.45) is 2.20. The van der Waals surface area contributed by atoms with Crippen molar-refractivity contribution in [3.05, 3.63) is 70.0 Å². The van der Waals surface area contributed by atoms with E-state index in [4.69, 9.17) is 4.42 Å². The zero-order valence-electron chi connectivity index (χ0n) is 16.1. The number of nitrogens with one attached hydrogen (secondary N) is 1. The number of hydrogen-bond acceptors (Lipinski definition) is 4. The summed E-state index contributed by atoms with van der Waals surface area (Å²) in [7, 11) is 0. The van der Waals surface area contributed by atoms with Crippen molar-refractivity contribution in [3.63, 3.8) is 0 Å². The van der Waals surface area contributed by atoms with Gasteiger partial charge in [0.1, 0.15) is 17.4 Å². The first kappa shape index (κ1) is 18.0. The van der Waals surface area contributed by atoms with Crippen LogP contribution in [0.2, 0.25) is 0 Å². The predicted molar refractivity (Wildman–Crippen MR) is 106 cm³/mol. The maximum Gasteiger partial charge on any atom is 0.291 e. The van der Waals surface area contributed by atoms with Crippen molar-refractivity contribution in [2.75, 3.05) is 0 Å². The number of nitrogens with zero attached hydrogens (tertiary/aromatic N) is 3. The number of amides is 1. The Morgan fingerprint density at radius 2 is 1.96 bits per heavy atom. The predicted octanol–water partition coefficient (Wildman–Crippen LogP) is 2.99. The second-order valence-electron chi connectivity index (χ2n) is 6.93. The number of rotatable bonds is 5. The van der Waals surface area contributed by atoms with E-state index in [1.165, 1.54) is 4.68 Å². The van der Waals surface area contributed by atoms with E-state index < -0.39 is 6.04 Å². The van der Waals surface area contributed by atoms with Crippen LogP contribution in [0, 0.1) is 6.92 Å². The van der Waals surface area contributed by atoms with E-state index in [-0.39, 0.29) is 11.5 Å². The molecule has 3 heterocycles. The van der Waals surface area contributed by atoms with Crippen molar-refractivity contribution in [2.45, 2.75) is 39.8 Å². The van der Waals surface area contributed by atoms with E-state index in [1.54, 1.807) is 23.7 Å². The molecule has 0 fully saturated rings. The number of aromatic nitrogens is 3. The molecule has 4 aromatic rings. The summed E-state index contributed by atoms with van der Waals surface area (Å²) in [6, 6.07) is 10.7. The highest BCUT2D eigenvalue weighted by Gasteiger charge is 2.22. The SMILES string of the molecule is CCc1nn(C(C)C(=O)NCc2ccc(C)cc2)c(=O)c2cc3occc3n12. The number of carbonyl (C=O) groups is 1. The van der Waals surface area contributed by atoms with Crippen molar-refractivity contribution in [2.24, 2.45) is 0 Å². The van der Waals surface area contributed by atoms with Crippen LogP contribution < -0.4 is 10.9 Å². The van der Waals surface area contributed by atoms with Crippen LogP contribution in [0.3, 0.4) is 0 Å². The molecule has 0 saturated carbocycles. The molecular weight excluding hydrogens is 356 g/mol. The van der Waals surface area contributed by atoms with Crippen molar-refractivity contribution in [3.8, 4) is 0 Å². The van der Waals surface area contributed by atoms with Gasteiger partial charge in [0.25, 0.3) is 5.56 Å². The molecule has 1 unspecified atom stereocenters. The molecule has 0 saturated heterocycles. The van der Waals surface area contributed by atoms with Crippen molar-refractivity contribution >= 4 is 22.5 Å². The maximum absolute atomic E-state index is 13.0. The average Bonchev–Trinajstić information content (AvgIpc) is 3.29. The van der Waals surface area contributed by atoms with Crippen molar-refractivity contribution < 1.29 is 9.21 Å². The molecule has 144 valence electrons. The Hall–Kier alpha value is -3.35. The van der Waals surface area contributed by atoms with E-state index in [9.17, 15) is 9.59 Å². The fourth-order valence-corrected chi connectivity index (χ4v) is 3.34. The quantitative estimate of drug-likeness (QED) is 0.579. The van der Waals surface area contributed by atoms with Gasteiger partial charge >= 0.3 is 0 Å². The van der Waals surface area contributed by atoms with Crippen LogP contribution in [-0.2, 0) is 17.8 Å². The molecule has 0 spiro atoms. The Kier molecular flexibility index (Phi) is 4.50. The van der Waals surface area contributed by atoms with Gasteiger partial charge in [-0.1, -0.05) is 36.8 Å². The summed E-state index contributed by atoms with van der Waals surface area (Å²) in [6.45, 7) is 6.06. The number of hydrogen-bond donors (Lipinski definition) is 1. The summed E-state index contributed by atoms with van der Waals surface area (Å²) < 4.78 is 8.49. The van der Waals surface area contributed by atoms with Gasteiger partial charge in [0.15, 0.2) is 5.58 Å². The summed E-state index contributed by atoms with van der Waals surface area (Å²) in [4.78, 5) is 25.6. The fraction of sp³-hybridized carbons (Fsp3) is 0.286. The molecule has 3 aromatic heterocycles. The highest BCUT2D eigenvalue weighted by molar-refractivity contribution is 5.83. The second-order valence-corrected chi connectivity index (χ2v) is 6.93. The lowest BCUT2D eigenvalue weighted by Crippen LogP contribution is -2.38.